The fourth-order valence-corrected chi connectivity index (χ4v) is 4.49. The molecule has 246 valence electrons. The first-order chi connectivity index (χ1) is 21.9. The van der Waals surface area contributed by atoms with Crippen molar-refractivity contribution in [2.45, 2.75) is 0 Å². The number of piperazine rings is 2. The van der Waals surface area contributed by atoms with Crippen LogP contribution < -0.4 is 9.68 Å². The van der Waals surface area contributed by atoms with Gasteiger partial charge in [-0.2, -0.15) is 0 Å². The van der Waals surface area contributed by atoms with E-state index in [0.717, 1.165) is 24.3 Å². The molecule has 0 aliphatic carbocycles. The van der Waals surface area contributed by atoms with Gasteiger partial charge in [0.2, 0.25) is 22.1 Å². The maximum atomic E-state index is 12.4. The Morgan fingerprint density at radius 3 is 1.20 bits per heavy atom. The van der Waals surface area contributed by atoms with Crippen LogP contribution in [0, 0.1) is 50.9 Å². The molecule has 0 N–H and O–H groups in total. The van der Waals surface area contributed by atoms with E-state index >= 15 is 0 Å². The lowest BCUT2D eigenvalue weighted by Gasteiger charge is -2.35. The molecule has 2 saturated heterocycles. The monoisotopic (exact) mass is 650 g/mol. The second-order valence-electron chi connectivity index (χ2n) is 9.77. The molecule has 2 aromatic rings. The van der Waals surface area contributed by atoms with E-state index in [1.165, 1.54) is 10.0 Å². The summed E-state index contributed by atoms with van der Waals surface area (Å²) in [7, 11) is 0. The van der Waals surface area contributed by atoms with Gasteiger partial charge in [-0.05, 0) is 12.1 Å². The van der Waals surface area contributed by atoms with E-state index in [0.29, 0.717) is 51.4 Å². The third-order valence-corrected chi connectivity index (χ3v) is 7.03. The van der Waals surface area contributed by atoms with Crippen LogP contribution in [0.4, 0.5) is 22.7 Å². The van der Waals surface area contributed by atoms with Gasteiger partial charge in [-0.25, -0.2) is 0 Å². The minimum atomic E-state index is -0.883. The number of benzene rings is 2. The number of hydrazine groups is 2. The van der Waals surface area contributed by atoms with Crippen molar-refractivity contribution in [3.05, 3.63) is 87.3 Å². The Hall–Kier alpha value is -6.04. The van der Waals surface area contributed by atoms with Crippen LogP contribution in [-0.2, 0) is 0 Å². The number of hydrogen-bond donors (Lipinski definition) is 0. The zero-order valence-electron chi connectivity index (χ0n) is 23.8. The minimum absolute atomic E-state index is 0.172. The molecule has 2 aliphatic heterocycles. The highest BCUT2D eigenvalue weighted by Crippen LogP contribution is 2.32. The lowest BCUT2D eigenvalue weighted by Crippen LogP contribution is -2.53. The van der Waals surface area contributed by atoms with Crippen LogP contribution in [0.3, 0.4) is 0 Å². The van der Waals surface area contributed by atoms with E-state index in [1.54, 1.807) is 0 Å². The first kappa shape index (κ1) is 32.9. The Morgan fingerprint density at radius 2 is 0.891 bits per heavy atom. The van der Waals surface area contributed by atoms with Crippen LogP contribution >= 0.6 is 0 Å². The average Bonchev–Trinajstić information content (AvgIpc) is 3.05. The predicted molar refractivity (Wildman–Crippen MR) is 149 cm³/mol. The third kappa shape index (κ3) is 8.32. The van der Waals surface area contributed by atoms with Crippen LogP contribution in [-0.4, -0.2) is 115 Å². The van der Waals surface area contributed by atoms with Gasteiger partial charge in [0.25, 0.3) is 11.4 Å². The Balaban J connectivity index is 1.19. The van der Waals surface area contributed by atoms with Crippen LogP contribution in [0.1, 0.15) is 0 Å². The minimum Gasteiger partial charge on any atom is -0.569 e. The van der Waals surface area contributed by atoms with E-state index in [1.807, 2.05) is 0 Å². The SMILES string of the molecule is O=[N+]([O-])c1ccc(O/N=[N+](\[O-])N2CCN(CCN3CCN(/[N+]([O-])=N/Oc4ccc([N+](=O)[O-])cc4[N+](=O)[O-])CC3)CC2)c([N+](=O)[O-])c1. The van der Waals surface area contributed by atoms with E-state index < -0.39 is 53.9 Å². The maximum Gasteiger partial charge on any atom is 0.321 e. The van der Waals surface area contributed by atoms with Gasteiger partial charge in [-0.3, -0.25) is 59.9 Å². The molecule has 0 spiro atoms. The van der Waals surface area contributed by atoms with Gasteiger partial charge >= 0.3 is 11.4 Å². The molecule has 46 heavy (non-hydrogen) atoms. The standard InChI is InChI=1S/C22H26N12O12/c35-29(36)17-1-3-21(19(15-17)31(39)40)45-23-33(43)27-11-7-25(8-12-27)5-6-26-9-13-28(14-10-26)34(44)24-46-22-4-2-18(30(37)38)16-20(22)32(41)42/h1-4,15-16H,5-14H2/b33-23-,34-24-. The number of rotatable bonds is 13. The van der Waals surface area contributed by atoms with Crippen molar-refractivity contribution in [1.29, 1.82) is 0 Å². The average molecular weight is 651 g/mol. The summed E-state index contributed by atoms with van der Waals surface area (Å²) in [6, 6.07) is 5.37. The van der Waals surface area contributed by atoms with Gasteiger partial charge < -0.3 is 10.4 Å². The van der Waals surface area contributed by atoms with Crippen LogP contribution in [0.2, 0.25) is 0 Å². The lowest BCUT2D eigenvalue weighted by atomic mass is 10.2. The molecule has 2 heterocycles. The molecule has 24 heteroatoms. The summed E-state index contributed by atoms with van der Waals surface area (Å²) >= 11 is 0. The van der Waals surface area contributed by atoms with Gasteiger partial charge in [-0.15, -0.1) is 10.0 Å². The molecule has 0 aromatic heterocycles. The van der Waals surface area contributed by atoms with Gasteiger partial charge in [0.15, 0.2) is 0 Å². The Labute approximate surface area is 257 Å². The topological polar surface area (TPSA) is 281 Å². The Bertz CT molecular complexity index is 1430. The second-order valence-corrected chi connectivity index (χ2v) is 9.77. The molecule has 4 rings (SSSR count). The quantitative estimate of drug-likeness (QED) is 0.129. The number of nitro groups is 4. The zero-order chi connectivity index (χ0) is 33.4. The summed E-state index contributed by atoms with van der Waals surface area (Å²) in [6.07, 6.45) is 0. The normalized spacial score (nSPS) is 16.6. The summed E-state index contributed by atoms with van der Waals surface area (Å²) in [5, 5.41) is 78.3. The van der Waals surface area contributed by atoms with Crippen molar-refractivity contribution < 1.29 is 39.3 Å². The zero-order valence-corrected chi connectivity index (χ0v) is 23.8. The smallest absolute Gasteiger partial charge is 0.321 e. The molecule has 0 bridgehead atoms. The van der Waals surface area contributed by atoms with Crippen molar-refractivity contribution in [3.8, 4) is 11.5 Å². The van der Waals surface area contributed by atoms with Crippen molar-refractivity contribution in [1.82, 2.24) is 19.8 Å². The molecular weight excluding hydrogens is 624 g/mol. The van der Waals surface area contributed by atoms with E-state index in [2.05, 4.69) is 20.4 Å². The molecular formula is C22H26N12O12. The van der Waals surface area contributed by atoms with Crippen LogP contribution in [0.25, 0.3) is 0 Å². The fraction of sp³-hybridized carbons (Fsp3) is 0.455. The van der Waals surface area contributed by atoms with Crippen molar-refractivity contribution in [3.63, 3.8) is 0 Å². The Morgan fingerprint density at radius 1 is 0.543 bits per heavy atom. The van der Waals surface area contributed by atoms with E-state index in [4.69, 9.17) is 9.68 Å². The maximum absolute atomic E-state index is 12.4. The molecule has 2 aliphatic rings. The lowest BCUT2D eigenvalue weighted by molar-refractivity contribution is -0.709. The molecule has 2 aromatic carbocycles. The summed E-state index contributed by atoms with van der Waals surface area (Å²) in [6.45, 7) is 4.48. The highest BCUT2D eigenvalue weighted by Gasteiger charge is 2.27. The molecule has 2 fully saturated rings. The molecule has 0 atom stereocenters. The first-order valence-electron chi connectivity index (χ1n) is 13.4. The second kappa shape index (κ2) is 14.6. The predicted octanol–water partition coefficient (Wildman–Crippen LogP) is 1.60. The van der Waals surface area contributed by atoms with E-state index in [-0.39, 0.29) is 36.1 Å². The summed E-state index contributed by atoms with van der Waals surface area (Å²) in [5.74, 6) is -0.852. The molecule has 0 saturated carbocycles. The number of hydrogen-bond acceptors (Lipinski definition) is 16. The molecule has 24 nitrogen and oxygen atoms in total. The van der Waals surface area contributed by atoms with Gasteiger partial charge in [0.1, 0.15) is 0 Å². The number of nitro benzene ring substituents is 4. The molecule has 0 amide bonds. The number of nitrogens with zero attached hydrogens (tertiary/aromatic N) is 12. The largest absolute Gasteiger partial charge is 0.569 e. The van der Waals surface area contributed by atoms with Crippen molar-refractivity contribution in [2.24, 2.45) is 10.6 Å². The highest BCUT2D eigenvalue weighted by atomic mass is 16.7. The van der Waals surface area contributed by atoms with Crippen LogP contribution in [0.15, 0.2) is 47.0 Å². The van der Waals surface area contributed by atoms with Crippen LogP contribution in [0.5, 0.6) is 11.5 Å². The van der Waals surface area contributed by atoms with Gasteiger partial charge in [0.05, 0.1) is 67.9 Å². The van der Waals surface area contributed by atoms with Crippen molar-refractivity contribution in [2.75, 3.05) is 65.4 Å². The number of non-ortho nitro benzene ring substituents is 2. The Kier molecular flexibility index (Phi) is 10.4. The summed E-state index contributed by atoms with van der Waals surface area (Å²) < 4.78 is 0. The highest BCUT2D eigenvalue weighted by molar-refractivity contribution is 5.54. The fourth-order valence-electron chi connectivity index (χ4n) is 4.49. The van der Waals surface area contributed by atoms with Gasteiger partial charge in [-0.1, -0.05) is 0 Å². The van der Waals surface area contributed by atoms with Gasteiger partial charge in [0, 0.05) is 51.4 Å². The summed E-state index contributed by atoms with van der Waals surface area (Å²) in [5.41, 5.74) is -2.45. The van der Waals surface area contributed by atoms with E-state index in [9.17, 15) is 50.9 Å². The first-order valence-corrected chi connectivity index (χ1v) is 13.4. The third-order valence-electron chi connectivity index (χ3n) is 7.03. The molecule has 0 unspecified atom stereocenters. The van der Waals surface area contributed by atoms with Crippen molar-refractivity contribution >= 4 is 22.7 Å². The summed E-state index contributed by atoms with van der Waals surface area (Å²) in [4.78, 5) is 55.2. The molecule has 0 radical (unpaired) electrons.